The lowest BCUT2D eigenvalue weighted by molar-refractivity contribution is -0.118. The van der Waals surface area contributed by atoms with Crippen molar-refractivity contribution in [3.05, 3.63) is 52.6 Å². The normalized spacial score (nSPS) is 16.5. The molecule has 0 radical (unpaired) electrons. The van der Waals surface area contributed by atoms with Crippen molar-refractivity contribution in [3.8, 4) is 11.5 Å². The van der Waals surface area contributed by atoms with Crippen LogP contribution in [0.2, 0.25) is 5.02 Å². The third-order valence-corrected chi connectivity index (χ3v) is 5.50. The van der Waals surface area contributed by atoms with E-state index in [1.807, 2.05) is 0 Å². The number of amides is 2. The molecule has 2 heterocycles. The Labute approximate surface area is 176 Å². The molecule has 1 saturated heterocycles. The van der Waals surface area contributed by atoms with Crippen LogP contribution in [-0.2, 0) is 4.79 Å². The number of nitrogens with one attached hydrogen (secondary N) is 1. The van der Waals surface area contributed by atoms with Gasteiger partial charge in [0.25, 0.3) is 11.8 Å². The molecule has 9 heteroatoms. The number of ether oxygens (including phenoxy) is 2. The zero-order valence-electron chi connectivity index (χ0n) is 15.9. The highest BCUT2D eigenvalue weighted by Gasteiger charge is 2.28. The van der Waals surface area contributed by atoms with Gasteiger partial charge in [-0.15, -0.1) is 0 Å². The fourth-order valence-electron chi connectivity index (χ4n) is 3.54. The zero-order valence-corrected chi connectivity index (χ0v) is 16.7. The number of hydrogen-bond donors (Lipinski definition) is 1. The quantitative estimate of drug-likeness (QED) is 0.789. The monoisotopic (exact) mass is 436 g/mol. The standard InChI is InChI=1S/C21H19ClF2N2O4/c22-15-7-13(23)1-2-18(15)29-10-12-3-5-26(6-4-12)21(28)14-8-17-19(9-16(14)24)30-11-20(27)25-17/h1-2,7-9,12H,3-6,10-11H2,(H,25,27). The van der Waals surface area contributed by atoms with Crippen LogP contribution in [0.25, 0.3) is 0 Å². The highest BCUT2D eigenvalue weighted by Crippen LogP contribution is 2.32. The molecular formula is C21H19ClF2N2O4. The second-order valence-electron chi connectivity index (χ2n) is 7.29. The number of benzene rings is 2. The maximum absolute atomic E-state index is 14.4. The summed E-state index contributed by atoms with van der Waals surface area (Å²) in [6, 6.07) is 6.39. The van der Waals surface area contributed by atoms with Gasteiger partial charge < -0.3 is 19.7 Å². The highest BCUT2D eigenvalue weighted by molar-refractivity contribution is 6.32. The Balaban J connectivity index is 1.35. The lowest BCUT2D eigenvalue weighted by Gasteiger charge is -2.32. The van der Waals surface area contributed by atoms with Crippen LogP contribution in [0.1, 0.15) is 23.2 Å². The molecule has 2 aliphatic rings. The molecule has 0 spiro atoms. The van der Waals surface area contributed by atoms with E-state index in [1.165, 1.54) is 24.3 Å². The van der Waals surface area contributed by atoms with Crippen molar-refractivity contribution in [1.82, 2.24) is 4.90 Å². The van der Waals surface area contributed by atoms with E-state index in [4.69, 9.17) is 21.1 Å². The number of piperidine rings is 1. The van der Waals surface area contributed by atoms with Gasteiger partial charge in [-0.05, 0) is 43.0 Å². The first-order valence-electron chi connectivity index (χ1n) is 9.54. The summed E-state index contributed by atoms with van der Waals surface area (Å²) >= 11 is 5.97. The molecule has 1 N–H and O–H groups in total. The molecule has 2 aromatic carbocycles. The van der Waals surface area contributed by atoms with Crippen LogP contribution in [0, 0.1) is 17.6 Å². The van der Waals surface area contributed by atoms with Crippen LogP contribution < -0.4 is 14.8 Å². The lowest BCUT2D eigenvalue weighted by Crippen LogP contribution is -2.40. The van der Waals surface area contributed by atoms with Gasteiger partial charge in [0.2, 0.25) is 0 Å². The molecule has 2 aromatic rings. The first-order chi connectivity index (χ1) is 14.4. The minimum Gasteiger partial charge on any atom is -0.492 e. The third kappa shape index (κ3) is 4.33. The highest BCUT2D eigenvalue weighted by atomic mass is 35.5. The fourth-order valence-corrected chi connectivity index (χ4v) is 3.76. The molecule has 158 valence electrons. The van der Waals surface area contributed by atoms with Gasteiger partial charge in [-0.25, -0.2) is 8.78 Å². The Morgan fingerprint density at radius 3 is 2.73 bits per heavy atom. The molecule has 30 heavy (non-hydrogen) atoms. The van der Waals surface area contributed by atoms with Crippen molar-refractivity contribution >= 4 is 29.1 Å². The summed E-state index contributed by atoms with van der Waals surface area (Å²) in [6.45, 7) is 1.11. The molecule has 6 nitrogen and oxygen atoms in total. The van der Waals surface area contributed by atoms with Crippen molar-refractivity contribution in [3.63, 3.8) is 0 Å². The summed E-state index contributed by atoms with van der Waals surface area (Å²) in [5, 5.41) is 2.79. The van der Waals surface area contributed by atoms with Crippen LogP contribution in [0.4, 0.5) is 14.5 Å². The average Bonchev–Trinajstić information content (AvgIpc) is 2.73. The van der Waals surface area contributed by atoms with Gasteiger partial charge in [0.05, 0.1) is 22.9 Å². The number of carbonyl (C=O) groups is 2. The third-order valence-electron chi connectivity index (χ3n) is 5.20. The maximum Gasteiger partial charge on any atom is 0.262 e. The summed E-state index contributed by atoms with van der Waals surface area (Å²) < 4.78 is 38.4. The van der Waals surface area contributed by atoms with E-state index in [2.05, 4.69) is 5.32 Å². The molecule has 1 fully saturated rings. The molecule has 0 aliphatic carbocycles. The predicted molar refractivity (Wildman–Crippen MR) is 106 cm³/mol. The number of rotatable bonds is 4. The molecule has 0 aromatic heterocycles. The van der Waals surface area contributed by atoms with Crippen molar-refractivity contribution in [2.75, 3.05) is 31.6 Å². The summed E-state index contributed by atoms with van der Waals surface area (Å²) in [4.78, 5) is 25.8. The van der Waals surface area contributed by atoms with Gasteiger partial charge in [0.1, 0.15) is 23.1 Å². The Kier molecular flexibility index (Phi) is 5.76. The number of fused-ring (bicyclic) bond motifs is 1. The van der Waals surface area contributed by atoms with Crippen LogP contribution in [0.5, 0.6) is 11.5 Å². The zero-order chi connectivity index (χ0) is 21.3. The molecular weight excluding hydrogens is 418 g/mol. The Morgan fingerprint density at radius 1 is 1.23 bits per heavy atom. The molecule has 0 saturated carbocycles. The molecule has 4 rings (SSSR count). The van der Waals surface area contributed by atoms with Crippen molar-refractivity contribution in [2.45, 2.75) is 12.8 Å². The van der Waals surface area contributed by atoms with Crippen molar-refractivity contribution < 1.29 is 27.8 Å². The van der Waals surface area contributed by atoms with E-state index >= 15 is 0 Å². The second kappa shape index (κ2) is 8.47. The van der Waals surface area contributed by atoms with Crippen LogP contribution in [0.3, 0.4) is 0 Å². The molecule has 2 aliphatic heterocycles. The average molecular weight is 437 g/mol. The maximum atomic E-state index is 14.4. The number of halogens is 3. The summed E-state index contributed by atoms with van der Waals surface area (Å²) in [7, 11) is 0. The number of hydrogen-bond acceptors (Lipinski definition) is 4. The largest absolute Gasteiger partial charge is 0.492 e. The summed E-state index contributed by atoms with van der Waals surface area (Å²) in [5.74, 6) is -1.09. The minimum atomic E-state index is -0.689. The van der Waals surface area contributed by atoms with E-state index in [1.54, 1.807) is 4.90 Å². The van der Waals surface area contributed by atoms with Gasteiger partial charge >= 0.3 is 0 Å². The smallest absolute Gasteiger partial charge is 0.262 e. The number of nitrogens with zero attached hydrogens (tertiary/aromatic N) is 1. The number of anilines is 1. The van der Waals surface area contributed by atoms with Crippen LogP contribution in [0.15, 0.2) is 30.3 Å². The van der Waals surface area contributed by atoms with Gasteiger partial charge in [-0.2, -0.15) is 0 Å². The number of carbonyl (C=O) groups excluding carboxylic acids is 2. The summed E-state index contributed by atoms with van der Waals surface area (Å²) in [6.07, 6.45) is 1.36. The predicted octanol–water partition coefficient (Wildman–Crippen LogP) is 3.88. The van der Waals surface area contributed by atoms with Gasteiger partial charge in [-0.1, -0.05) is 11.6 Å². The molecule has 0 atom stereocenters. The van der Waals surface area contributed by atoms with Crippen LogP contribution >= 0.6 is 11.6 Å². The van der Waals surface area contributed by atoms with E-state index in [0.717, 1.165) is 6.07 Å². The lowest BCUT2D eigenvalue weighted by atomic mass is 9.97. The molecule has 0 bridgehead atoms. The second-order valence-corrected chi connectivity index (χ2v) is 7.69. The van der Waals surface area contributed by atoms with Crippen molar-refractivity contribution in [1.29, 1.82) is 0 Å². The van der Waals surface area contributed by atoms with Crippen molar-refractivity contribution in [2.24, 2.45) is 5.92 Å². The first kappa shape index (κ1) is 20.4. The van der Waals surface area contributed by atoms with E-state index in [0.29, 0.717) is 38.3 Å². The van der Waals surface area contributed by atoms with E-state index in [9.17, 15) is 18.4 Å². The SMILES string of the molecule is O=C1COc2cc(F)c(C(=O)N3CCC(COc4ccc(F)cc4Cl)CC3)cc2N1. The minimum absolute atomic E-state index is 0.104. The van der Waals surface area contributed by atoms with Crippen LogP contribution in [-0.4, -0.2) is 43.0 Å². The number of likely N-dealkylation sites (tertiary alicyclic amines) is 1. The van der Waals surface area contributed by atoms with Gasteiger partial charge in [0.15, 0.2) is 6.61 Å². The van der Waals surface area contributed by atoms with E-state index < -0.39 is 17.5 Å². The Morgan fingerprint density at radius 2 is 2.00 bits per heavy atom. The fraction of sp³-hybridized carbons (Fsp3) is 0.333. The topological polar surface area (TPSA) is 67.9 Å². The first-order valence-corrected chi connectivity index (χ1v) is 9.92. The molecule has 2 amide bonds. The Bertz CT molecular complexity index is 993. The van der Waals surface area contributed by atoms with E-state index in [-0.39, 0.29) is 40.5 Å². The summed E-state index contributed by atoms with van der Waals surface area (Å²) in [5.41, 5.74) is 0.183. The molecule has 0 unspecified atom stereocenters. The Hall–Kier alpha value is -2.87. The van der Waals surface area contributed by atoms with Gasteiger partial charge in [0, 0.05) is 19.2 Å². The van der Waals surface area contributed by atoms with Gasteiger partial charge in [-0.3, -0.25) is 9.59 Å².